The molecule has 0 saturated carbocycles. The molecule has 2 rings (SSSR count). The van der Waals surface area contributed by atoms with Crippen LogP contribution < -0.4 is 5.32 Å². The normalized spacial score (nSPS) is 14.1. The molecule has 1 N–H and O–H groups in total. The molecule has 0 aliphatic rings. The van der Waals surface area contributed by atoms with Gasteiger partial charge in [-0.25, -0.2) is 8.78 Å². The van der Waals surface area contributed by atoms with Crippen molar-refractivity contribution in [3.8, 4) is 0 Å². The second-order valence-electron chi connectivity index (χ2n) is 4.83. The molecular formula is C16H16ClF2N. The quantitative estimate of drug-likeness (QED) is 0.834. The van der Waals surface area contributed by atoms with Gasteiger partial charge in [-0.15, -0.1) is 0 Å². The summed E-state index contributed by atoms with van der Waals surface area (Å²) in [5.41, 5.74) is 1.82. The van der Waals surface area contributed by atoms with E-state index in [0.29, 0.717) is 5.02 Å². The van der Waals surface area contributed by atoms with E-state index in [1.165, 1.54) is 24.3 Å². The largest absolute Gasteiger partial charge is 0.304 e. The lowest BCUT2D eigenvalue weighted by Crippen LogP contribution is -2.22. The van der Waals surface area contributed by atoms with E-state index in [9.17, 15) is 8.78 Å². The molecule has 0 bridgehead atoms. The van der Waals surface area contributed by atoms with Gasteiger partial charge in [0.05, 0.1) is 0 Å². The molecule has 0 aromatic heterocycles. The average molecular weight is 296 g/mol. The zero-order chi connectivity index (χ0) is 14.7. The molecule has 0 amide bonds. The molecule has 0 heterocycles. The van der Waals surface area contributed by atoms with Crippen LogP contribution in [0.25, 0.3) is 0 Å². The molecule has 0 fully saturated rings. The second-order valence-corrected chi connectivity index (χ2v) is 5.23. The number of rotatable bonds is 4. The standard InChI is InChI=1S/C16H16ClF2N/c1-10(12-3-5-13(18)6-4-12)20-11(2)15-8-7-14(19)9-16(15)17/h3-11,20H,1-2H3. The Kier molecular flexibility index (Phi) is 4.73. The number of halogens is 3. The fraction of sp³-hybridized carbons (Fsp3) is 0.250. The van der Waals surface area contributed by atoms with Gasteiger partial charge in [0.2, 0.25) is 0 Å². The van der Waals surface area contributed by atoms with Gasteiger partial charge >= 0.3 is 0 Å². The van der Waals surface area contributed by atoms with Gasteiger partial charge in [0.15, 0.2) is 0 Å². The highest BCUT2D eigenvalue weighted by molar-refractivity contribution is 6.31. The Bertz CT molecular complexity index is 584. The minimum Gasteiger partial charge on any atom is -0.304 e. The van der Waals surface area contributed by atoms with Gasteiger partial charge in [0, 0.05) is 17.1 Å². The predicted octanol–water partition coefficient (Wildman–Crippen LogP) is 5.03. The van der Waals surface area contributed by atoms with Crippen LogP contribution in [0.4, 0.5) is 8.78 Å². The highest BCUT2D eigenvalue weighted by Gasteiger charge is 2.14. The smallest absolute Gasteiger partial charge is 0.124 e. The minimum absolute atomic E-state index is 0.0340. The summed E-state index contributed by atoms with van der Waals surface area (Å²) in [6.07, 6.45) is 0. The number of nitrogens with one attached hydrogen (secondary N) is 1. The Morgan fingerprint density at radius 2 is 1.50 bits per heavy atom. The summed E-state index contributed by atoms with van der Waals surface area (Å²) in [7, 11) is 0. The zero-order valence-corrected chi connectivity index (χ0v) is 12.1. The van der Waals surface area contributed by atoms with E-state index >= 15 is 0 Å². The summed E-state index contributed by atoms with van der Waals surface area (Å²) < 4.78 is 25.9. The monoisotopic (exact) mass is 295 g/mol. The Morgan fingerprint density at radius 3 is 2.10 bits per heavy atom. The maximum Gasteiger partial charge on any atom is 0.124 e. The van der Waals surface area contributed by atoms with Crippen molar-refractivity contribution in [3.63, 3.8) is 0 Å². The van der Waals surface area contributed by atoms with Crippen LogP contribution in [0.15, 0.2) is 42.5 Å². The summed E-state index contributed by atoms with van der Waals surface area (Å²) in [4.78, 5) is 0. The minimum atomic E-state index is -0.350. The first-order valence-electron chi connectivity index (χ1n) is 6.44. The first-order valence-corrected chi connectivity index (χ1v) is 6.81. The van der Waals surface area contributed by atoms with Gasteiger partial charge in [-0.05, 0) is 49.2 Å². The van der Waals surface area contributed by atoms with Crippen molar-refractivity contribution < 1.29 is 8.78 Å². The lowest BCUT2D eigenvalue weighted by atomic mass is 10.0. The van der Waals surface area contributed by atoms with Crippen LogP contribution in [-0.4, -0.2) is 0 Å². The zero-order valence-electron chi connectivity index (χ0n) is 11.3. The van der Waals surface area contributed by atoms with Crippen molar-refractivity contribution in [1.82, 2.24) is 5.32 Å². The van der Waals surface area contributed by atoms with Crippen molar-refractivity contribution in [2.75, 3.05) is 0 Å². The average Bonchev–Trinajstić information content (AvgIpc) is 2.39. The third-order valence-electron chi connectivity index (χ3n) is 3.30. The highest BCUT2D eigenvalue weighted by Crippen LogP contribution is 2.26. The molecule has 20 heavy (non-hydrogen) atoms. The van der Waals surface area contributed by atoms with Crippen LogP contribution in [0.2, 0.25) is 5.02 Å². The van der Waals surface area contributed by atoms with E-state index in [4.69, 9.17) is 11.6 Å². The first-order chi connectivity index (χ1) is 9.47. The molecule has 2 unspecified atom stereocenters. The van der Waals surface area contributed by atoms with Gasteiger partial charge in [0.25, 0.3) is 0 Å². The molecule has 0 aliphatic heterocycles. The maximum absolute atomic E-state index is 13.0. The third kappa shape index (κ3) is 3.56. The predicted molar refractivity (Wildman–Crippen MR) is 77.8 cm³/mol. The van der Waals surface area contributed by atoms with E-state index in [1.54, 1.807) is 18.2 Å². The Morgan fingerprint density at radius 1 is 0.900 bits per heavy atom. The van der Waals surface area contributed by atoms with Gasteiger partial charge < -0.3 is 5.32 Å². The van der Waals surface area contributed by atoms with Crippen molar-refractivity contribution in [2.45, 2.75) is 25.9 Å². The number of hydrogen-bond donors (Lipinski definition) is 1. The lowest BCUT2D eigenvalue weighted by Gasteiger charge is -2.21. The third-order valence-corrected chi connectivity index (χ3v) is 3.63. The highest BCUT2D eigenvalue weighted by atomic mass is 35.5. The van der Waals surface area contributed by atoms with Crippen LogP contribution in [0, 0.1) is 11.6 Å². The van der Waals surface area contributed by atoms with Crippen LogP contribution in [0.5, 0.6) is 0 Å². The SMILES string of the molecule is CC(NC(C)c1ccc(F)cc1Cl)c1ccc(F)cc1. The summed E-state index contributed by atoms with van der Waals surface area (Å²) in [6.45, 7) is 3.94. The first kappa shape index (κ1) is 14.9. The molecular weight excluding hydrogens is 280 g/mol. The summed E-state index contributed by atoms with van der Waals surface area (Å²) in [6, 6.07) is 10.7. The molecule has 2 aromatic carbocycles. The molecule has 2 aromatic rings. The van der Waals surface area contributed by atoms with Gasteiger partial charge in [-0.2, -0.15) is 0 Å². The van der Waals surface area contributed by atoms with Crippen molar-refractivity contribution in [1.29, 1.82) is 0 Å². The van der Waals surface area contributed by atoms with E-state index in [-0.39, 0.29) is 23.7 Å². The van der Waals surface area contributed by atoms with Gasteiger partial charge in [0.1, 0.15) is 11.6 Å². The Hall–Kier alpha value is -1.45. The van der Waals surface area contributed by atoms with E-state index < -0.39 is 0 Å². The van der Waals surface area contributed by atoms with Crippen molar-refractivity contribution in [3.05, 3.63) is 70.2 Å². The molecule has 4 heteroatoms. The summed E-state index contributed by atoms with van der Waals surface area (Å²) >= 11 is 6.05. The molecule has 2 atom stereocenters. The Balaban J connectivity index is 2.10. The fourth-order valence-corrected chi connectivity index (χ4v) is 2.50. The summed E-state index contributed by atoms with van der Waals surface area (Å²) in [5, 5.41) is 3.76. The van der Waals surface area contributed by atoms with Crippen LogP contribution in [0.1, 0.15) is 37.1 Å². The molecule has 106 valence electrons. The molecule has 1 nitrogen and oxygen atoms in total. The number of hydrogen-bond acceptors (Lipinski definition) is 1. The summed E-state index contributed by atoms with van der Waals surface area (Å²) in [5.74, 6) is -0.604. The van der Waals surface area contributed by atoms with Crippen LogP contribution in [-0.2, 0) is 0 Å². The number of benzene rings is 2. The second kappa shape index (κ2) is 6.33. The Labute approximate surface area is 122 Å². The van der Waals surface area contributed by atoms with Crippen LogP contribution >= 0.6 is 11.6 Å². The molecule has 0 aliphatic carbocycles. The molecule has 0 spiro atoms. The van der Waals surface area contributed by atoms with Crippen molar-refractivity contribution >= 4 is 11.6 Å². The van der Waals surface area contributed by atoms with E-state index in [0.717, 1.165) is 11.1 Å². The van der Waals surface area contributed by atoms with E-state index in [1.807, 2.05) is 13.8 Å². The molecule has 0 radical (unpaired) electrons. The van der Waals surface area contributed by atoms with Gasteiger partial charge in [-0.3, -0.25) is 0 Å². The fourth-order valence-electron chi connectivity index (χ4n) is 2.17. The topological polar surface area (TPSA) is 12.0 Å². The van der Waals surface area contributed by atoms with Crippen molar-refractivity contribution in [2.24, 2.45) is 0 Å². The van der Waals surface area contributed by atoms with Crippen LogP contribution in [0.3, 0.4) is 0 Å². The van der Waals surface area contributed by atoms with E-state index in [2.05, 4.69) is 5.32 Å². The maximum atomic E-state index is 13.0. The van der Waals surface area contributed by atoms with Gasteiger partial charge in [-0.1, -0.05) is 29.8 Å². The molecule has 0 saturated heterocycles. The lowest BCUT2D eigenvalue weighted by molar-refractivity contribution is 0.493.